The Morgan fingerprint density at radius 1 is 0.870 bits per heavy atom. The van der Waals surface area contributed by atoms with E-state index in [4.69, 9.17) is 4.74 Å². The molecule has 0 saturated heterocycles. The standard InChI is InChI=1S/C16H16FN3O3/c1-2-23-16(22)20-14-9-7-13(8-10-14)19-15(21)18-12-5-3-11(17)4-6-12/h3-10H,2H2,1H3,(H,20,22)(H2,18,19,21). The summed E-state index contributed by atoms with van der Waals surface area (Å²) >= 11 is 0. The van der Waals surface area contributed by atoms with E-state index in [-0.39, 0.29) is 12.4 Å². The molecule has 0 aliphatic heterocycles. The lowest BCUT2D eigenvalue weighted by Crippen LogP contribution is -2.19. The predicted molar refractivity (Wildman–Crippen MR) is 86.1 cm³/mol. The smallest absolute Gasteiger partial charge is 0.411 e. The quantitative estimate of drug-likeness (QED) is 0.796. The molecule has 0 heterocycles. The highest BCUT2D eigenvalue weighted by atomic mass is 19.1. The molecule has 3 amide bonds. The van der Waals surface area contributed by atoms with Crippen LogP contribution >= 0.6 is 0 Å². The molecule has 7 heteroatoms. The molecule has 0 atom stereocenters. The molecule has 2 aromatic rings. The first-order valence-electron chi connectivity index (χ1n) is 6.94. The zero-order valence-electron chi connectivity index (χ0n) is 12.4. The number of halogens is 1. The molecular formula is C16H16FN3O3. The summed E-state index contributed by atoms with van der Waals surface area (Å²) in [6.07, 6.45) is -0.540. The van der Waals surface area contributed by atoms with Crippen molar-refractivity contribution >= 4 is 29.2 Å². The highest BCUT2D eigenvalue weighted by Gasteiger charge is 2.04. The van der Waals surface area contributed by atoms with Gasteiger partial charge in [0.2, 0.25) is 0 Å². The predicted octanol–water partition coefficient (Wildman–Crippen LogP) is 4.04. The summed E-state index contributed by atoms with van der Waals surface area (Å²) in [6.45, 7) is 2.00. The van der Waals surface area contributed by atoms with Crippen molar-refractivity contribution in [2.75, 3.05) is 22.6 Å². The van der Waals surface area contributed by atoms with Crippen LogP contribution in [-0.4, -0.2) is 18.7 Å². The SMILES string of the molecule is CCOC(=O)Nc1ccc(NC(=O)Nc2ccc(F)cc2)cc1. The van der Waals surface area contributed by atoms with Gasteiger partial charge in [0.25, 0.3) is 0 Å². The lowest BCUT2D eigenvalue weighted by Gasteiger charge is -2.09. The fourth-order valence-corrected chi connectivity index (χ4v) is 1.75. The molecule has 0 bridgehead atoms. The average molecular weight is 317 g/mol. The minimum absolute atomic E-state index is 0.287. The van der Waals surface area contributed by atoms with Crippen molar-refractivity contribution in [2.45, 2.75) is 6.92 Å². The van der Waals surface area contributed by atoms with Crippen molar-refractivity contribution in [3.8, 4) is 0 Å². The van der Waals surface area contributed by atoms with Crippen LogP contribution in [0.3, 0.4) is 0 Å². The van der Waals surface area contributed by atoms with Crippen molar-refractivity contribution in [3.63, 3.8) is 0 Å². The van der Waals surface area contributed by atoms with E-state index in [1.54, 1.807) is 31.2 Å². The van der Waals surface area contributed by atoms with Crippen LogP contribution in [0.4, 0.5) is 31.0 Å². The normalized spacial score (nSPS) is 9.83. The molecule has 0 saturated carbocycles. The topological polar surface area (TPSA) is 79.5 Å². The average Bonchev–Trinajstić information content (AvgIpc) is 2.52. The van der Waals surface area contributed by atoms with Crippen molar-refractivity contribution in [1.29, 1.82) is 0 Å². The number of ether oxygens (including phenoxy) is 1. The van der Waals surface area contributed by atoms with Gasteiger partial charge in [-0.05, 0) is 55.5 Å². The maximum absolute atomic E-state index is 12.8. The van der Waals surface area contributed by atoms with E-state index in [0.717, 1.165) is 0 Å². The van der Waals surface area contributed by atoms with Gasteiger partial charge in [-0.15, -0.1) is 0 Å². The summed E-state index contributed by atoms with van der Waals surface area (Å²) in [5.41, 5.74) is 1.57. The molecule has 2 rings (SSSR count). The largest absolute Gasteiger partial charge is 0.450 e. The second kappa shape index (κ2) is 7.79. The minimum Gasteiger partial charge on any atom is -0.450 e. The van der Waals surface area contributed by atoms with Gasteiger partial charge in [0.15, 0.2) is 0 Å². The summed E-state index contributed by atoms with van der Waals surface area (Å²) < 4.78 is 17.5. The van der Waals surface area contributed by atoms with Crippen LogP contribution in [-0.2, 0) is 4.74 Å². The van der Waals surface area contributed by atoms with E-state index in [0.29, 0.717) is 17.1 Å². The first-order valence-corrected chi connectivity index (χ1v) is 6.94. The van der Waals surface area contributed by atoms with Crippen molar-refractivity contribution in [1.82, 2.24) is 0 Å². The molecule has 3 N–H and O–H groups in total. The number of rotatable bonds is 4. The van der Waals surface area contributed by atoms with Gasteiger partial charge in [0.1, 0.15) is 5.82 Å². The Balaban J connectivity index is 1.88. The highest BCUT2D eigenvalue weighted by Crippen LogP contribution is 2.15. The van der Waals surface area contributed by atoms with Gasteiger partial charge < -0.3 is 15.4 Å². The van der Waals surface area contributed by atoms with Gasteiger partial charge >= 0.3 is 12.1 Å². The Hall–Kier alpha value is -3.09. The summed E-state index contributed by atoms with van der Waals surface area (Å²) in [5.74, 6) is -0.374. The molecule has 0 aliphatic rings. The van der Waals surface area contributed by atoms with Gasteiger partial charge in [0, 0.05) is 17.1 Å². The third-order valence-corrected chi connectivity index (χ3v) is 2.77. The molecule has 0 fully saturated rings. The third kappa shape index (κ3) is 5.31. The fourth-order valence-electron chi connectivity index (χ4n) is 1.75. The second-order valence-electron chi connectivity index (χ2n) is 4.51. The number of nitrogens with one attached hydrogen (secondary N) is 3. The number of carbonyl (C=O) groups is 2. The molecule has 0 aliphatic carbocycles. The van der Waals surface area contributed by atoms with Crippen LogP contribution in [0, 0.1) is 5.82 Å². The maximum atomic E-state index is 12.8. The number of hydrogen-bond donors (Lipinski definition) is 3. The van der Waals surface area contributed by atoms with Crippen LogP contribution in [0.1, 0.15) is 6.92 Å². The van der Waals surface area contributed by atoms with Crippen LogP contribution in [0.2, 0.25) is 0 Å². The Kier molecular flexibility index (Phi) is 5.51. The molecule has 0 aromatic heterocycles. The Morgan fingerprint density at radius 2 is 1.30 bits per heavy atom. The van der Waals surface area contributed by atoms with Gasteiger partial charge in [-0.3, -0.25) is 5.32 Å². The number of carbonyl (C=O) groups excluding carboxylic acids is 2. The van der Waals surface area contributed by atoms with Crippen LogP contribution in [0.25, 0.3) is 0 Å². The summed E-state index contributed by atoms with van der Waals surface area (Å²) in [4.78, 5) is 23.1. The Bertz CT molecular complexity index is 672. The van der Waals surface area contributed by atoms with Crippen LogP contribution in [0.15, 0.2) is 48.5 Å². The van der Waals surface area contributed by atoms with E-state index in [1.165, 1.54) is 24.3 Å². The number of amides is 3. The molecule has 120 valence electrons. The molecule has 6 nitrogen and oxygen atoms in total. The number of anilines is 3. The lowest BCUT2D eigenvalue weighted by atomic mass is 10.3. The van der Waals surface area contributed by atoms with Crippen LogP contribution in [0.5, 0.6) is 0 Å². The molecule has 0 unspecified atom stereocenters. The van der Waals surface area contributed by atoms with Gasteiger partial charge in [-0.25, -0.2) is 14.0 Å². The second-order valence-corrected chi connectivity index (χ2v) is 4.51. The number of benzene rings is 2. The number of hydrogen-bond acceptors (Lipinski definition) is 3. The van der Waals surface area contributed by atoms with Crippen LogP contribution < -0.4 is 16.0 Å². The maximum Gasteiger partial charge on any atom is 0.411 e. The van der Waals surface area contributed by atoms with Gasteiger partial charge in [-0.1, -0.05) is 0 Å². The first kappa shape index (κ1) is 16.3. The summed E-state index contributed by atoms with van der Waals surface area (Å²) in [7, 11) is 0. The van der Waals surface area contributed by atoms with Crippen molar-refractivity contribution in [3.05, 3.63) is 54.3 Å². The zero-order chi connectivity index (χ0) is 16.7. The van der Waals surface area contributed by atoms with E-state index in [1.807, 2.05) is 0 Å². The van der Waals surface area contributed by atoms with Gasteiger partial charge in [-0.2, -0.15) is 0 Å². The fraction of sp³-hybridized carbons (Fsp3) is 0.125. The first-order chi connectivity index (χ1) is 11.1. The summed E-state index contributed by atoms with van der Waals surface area (Å²) in [5, 5.41) is 7.74. The van der Waals surface area contributed by atoms with Crippen molar-refractivity contribution < 1.29 is 18.7 Å². The van der Waals surface area contributed by atoms with E-state index >= 15 is 0 Å². The van der Waals surface area contributed by atoms with E-state index in [9.17, 15) is 14.0 Å². The Morgan fingerprint density at radius 3 is 1.78 bits per heavy atom. The molecule has 0 spiro atoms. The lowest BCUT2D eigenvalue weighted by molar-refractivity contribution is 0.168. The number of urea groups is 1. The zero-order valence-corrected chi connectivity index (χ0v) is 12.4. The van der Waals surface area contributed by atoms with Gasteiger partial charge in [0.05, 0.1) is 6.61 Å². The van der Waals surface area contributed by atoms with E-state index < -0.39 is 12.1 Å². The molecule has 0 radical (unpaired) electrons. The third-order valence-electron chi connectivity index (χ3n) is 2.77. The minimum atomic E-state index is -0.540. The molecular weight excluding hydrogens is 301 g/mol. The van der Waals surface area contributed by atoms with Crippen molar-refractivity contribution in [2.24, 2.45) is 0 Å². The van der Waals surface area contributed by atoms with E-state index in [2.05, 4.69) is 16.0 Å². The Labute approximate surface area is 132 Å². The summed E-state index contributed by atoms with van der Waals surface area (Å²) in [6, 6.07) is 11.5. The molecule has 2 aromatic carbocycles. The highest BCUT2D eigenvalue weighted by molar-refractivity contribution is 5.99. The molecule has 23 heavy (non-hydrogen) atoms. The monoisotopic (exact) mass is 317 g/mol.